The second-order valence-corrected chi connectivity index (χ2v) is 7.80. The highest BCUT2D eigenvalue weighted by molar-refractivity contribution is 6.13. The number of hydrogen-bond donors (Lipinski definition) is 2. The van der Waals surface area contributed by atoms with Crippen LogP contribution in [0.25, 0.3) is 0 Å². The van der Waals surface area contributed by atoms with Crippen LogP contribution in [0.3, 0.4) is 0 Å². The molecule has 2 N–H and O–H groups in total. The van der Waals surface area contributed by atoms with Crippen molar-refractivity contribution in [2.24, 2.45) is 29.6 Å². The van der Waals surface area contributed by atoms with Crippen molar-refractivity contribution in [2.75, 3.05) is 6.61 Å². The molecule has 0 amide bonds. The Balaban J connectivity index is 2.64. The summed E-state index contributed by atoms with van der Waals surface area (Å²) in [6.45, 7) is 9.46. The highest BCUT2D eigenvalue weighted by Gasteiger charge is 2.32. The summed E-state index contributed by atoms with van der Waals surface area (Å²) in [5, 5.41) is 9.56. The van der Waals surface area contributed by atoms with Crippen molar-refractivity contribution in [3.05, 3.63) is 12.2 Å². The predicted molar refractivity (Wildman–Crippen MR) is 101 cm³/mol. The smallest absolute Gasteiger partial charge is 0.0459 e. The lowest BCUT2D eigenvalue weighted by Gasteiger charge is -2.21. The molecule has 1 fully saturated rings. The molecule has 3 heteroatoms. The van der Waals surface area contributed by atoms with E-state index in [9.17, 15) is 5.11 Å². The molecule has 1 aliphatic rings. The highest BCUT2D eigenvalue weighted by atomic mass is 35.5. The van der Waals surface area contributed by atoms with Gasteiger partial charge in [-0.25, -0.2) is 4.84 Å². The predicted octanol–water partition coefficient (Wildman–Crippen LogP) is 5.55. The van der Waals surface area contributed by atoms with Crippen LogP contribution in [-0.2, 0) is 0 Å². The molecule has 0 aromatic heterocycles. The Hall–Kier alpha value is -0.0500. The van der Waals surface area contributed by atoms with E-state index >= 15 is 0 Å². The molecule has 1 aliphatic carbocycles. The Labute approximate surface area is 149 Å². The monoisotopic (exact) mass is 343 g/mol. The Kier molecular flexibility index (Phi) is 10.5. The van der Waals surface area contributed by atoms with E-state index in [1.165, 1.54) is 25.7 Å². The van der Waals surface area contributed by atoms with Gasteiger partial charge in [0.1, 0.15) is 0 Å². The third-order valence-corrected chi connectivity index (χ3v) is 6.40. The van der Waals surface area contributed by atoms with Crippen LogP contribution < -0.4 is 4.84 Å². The second kappa shape index (κ2) is 11.5. The zero-order chi connectivity index (χ0) is 17.2. The number of aliphatic hydroxyl groups excluding tert-OH is 1. The van der Waals surface area contributed by atoms with E-state index in [0.717, 1.165) is 25.2 Å². The Morgan fingerprint density at radius 3 is 2.43 bits per heavy atom. The van der Waals surface area contributed by atoms with Gasteiger partial charge in [-0.1, -0.05) is 46.3 Å². The van der Waals surface area contributed by atoms with Gasteiger partial charge in [0.2, 0.25) is 0 Å². The van der Waals surface area contributed by atoms with Crippen LogP contribution in [0.5, 0.6) is 0 Å². The van der Waals surface area contributed by atoms with Gasteiger partial charge >= 0.3 is 0 Å². The van der Waals surface area contributed by atoms with Gasteiger partial charge in [-0.15, -0.1) is 0 Å². The van der Waals surface area contributed by atoms with Crippen molar-refractivity contribution in [2.45, 2.75) is 78.7 Å². The molecule has 6 unspecified atom stereocenters. The van der Waals surface area contributed by atoms with Crippen LogP contribution >= 0.6 is 11.8 Å². The van der Waals surface area contributed by atoms with Gasteiger partial charge in [-0.3, -0.25) is 0 Å². The summed E-state index contributed by atoms with van der Waals surface area (Å²) in [6, 6.07) is 0.415. The normalized spacial score (nSPS) is 29.0. The first-order valence-corrected chi connectivity index (χ1v) is 10.1. The maximum atomic E-state index is 9.56. The standard InChI is InChI=1S/C20H38ClNO/c1-5-15(4)17(6-2)8-9-18-12-16(14-23)13-19(18)10-11-20(7-3)22-21/h8-9,15-20,22-23H,5-7,10-14H2,1-4H3/b9-8-. The minimum absolute atomic E-state index is 0.342. The van der Waals surface area contributed by atoms with Crippen molar-refractivity contribution in [3.8, 4) is 0 Å². The molecule has 0 heterocycles. The fraction of sp³-hybridized carbons (Fsp3) is 0.900. The second-order valence-electron chi connectivity index (χ2n) is 7.58. The first-order chi connectivity index (χ1) is 11.1. The molecular formula is C20H38ClNO. The van der Waals surface area contributed by atoms with Crippen LogP contribution in [0.4, 0.5) is 0 Å². The average Bonchev–Trinajstić information content (AvgIpc) is 2.98. The summed E-state index contributed by atoms with van der Waals surface area (Å²) < 4.78 is 0. The molecule has 136 valence electrons. The molecule has 2 nitrogen and oxygen atoms in total. The van der Waals surface area contributed by atoms with Crippen LogP contribution in [0.2, 0.25) is 0 Å². The van der Waals surface area contributed by atoms with Gasteiger partial charge in [0, 0.05) is 12.6 Å². The number of allylic oxidation sites excluding steroid dienone is 2. The van der Waals surface area contributed by atoms with E-state index in [1.807, 2.05) is 0 Å². The van der Waals surface area contributed by atoms with Crippen molar-refractivity contribution in [1.82, 2.24) is 4.84 Å². The molecule has 0 radical (unpaired) electrons. The van der Waals surface area contributed by atoms with Crippen LogP contribution in [0, 0.1) is 29.6 Å². The average molecular weight is 344 g/mol. The van der Waals surface area contributed by atoms with Crippen molar-refractivity contribution in [1.29, 1.82) is 0 Å². The van der Waals surface area contributed by atoms with Gasteiger partial charge < -0.3 is 5.11 Å². The lowest BCUT2D eigenvalue weighted by Crippen LogP contribution is -2.21. The summed E-state index contributed by atoms with van der Waals surface area (Å²) in [4.78, 5) is 2.90. The van der Waals surface area contributed by atoms with Crippen molar-refractivity contribution in [3.63, 3.8) is 0 Å². The van der Waals surface area contributed by atoms with E-state index < -0.39 is 0 Å². The highest BCUT2D eigenvalue weighted by Crippen LogP contribution is 2.40. The number of aliphatic hydroxyl groups is 1. The lowest BCUT2D eigenvalue weighted by atomic mass is 9.85. The quantitative estimate of drug-likeness (QED) is 0.380. The molecule has 23 heavy (non-hydrogen) atoms. The van der Waals surface area contributed by atoms with E-state index in [1.54, 1.807) is 0 Å². The number of hydrogen-bond acceptors (Lipinski definition) is 2. The minimum Gasteiger partial charge on any atom is -0.396 e. The zero-order valence-electron chi connectivity index (χ0n) is 15.6. The summed E-state index contributed by atoms with van der Waals surface area (Å²) in [7, 11) is 0. The summed E-state index contributed by atoms with van der Waals surface area (Å²) >= 11 is 5.81. The van der Waals surface area contributed by atoms with Gasteiger partial charge in [-0.2, -0.15) is 0 Å². The lowest BCUT2D eigenvalue weighted by molar-refractivity contribution is 0.224. The van der Waals surface area contributed by atoms with E-state index in [4.69, 9.17) is 11.8 Å². The molecule has 0 spiro atoms. The van der Waals surface area contributed by atoms with Crippen LogP contribution in [0.15, 0.2) is 12.2 Å². The van der Waals surface area contributed by atoms with Crippen LogP contribution in [-0.4, -0.2) is 17.8 Å². The molecular weight excluding hydrogens is 306 g/mol. The Bertz CT molecular complexity index is 330. The number of nitrogens with one attached hydrogen (secondary N) is 1. The molecule has 6 atom stereocenters. The first-order valence-electron chi connectivity index (χ1n) is 9.74. The summed E-state index contributed by atoms with van der Waals surface area (Å²) in [5.41, 5.74) is 0. The summed E-state index contributed by atoms with van der Waals surface area (Å²) in [6.07, 6.45) is 13.2. The van der Waals surface area contributed by atoms with Gasteiger partial charge in [0.25, 0.3) is 0 Å². The van der Waals surface area contributed by atoms with E-state index in [2.05, 4.69) is 44.7 Å². The fourth-order valence-electron chi connectivity index (χ4n) is 4.06. The summed E-state index contributed by atoms with van der Waals surface area (Å²) in [5.74, 6) is 3.29. The third-order valence-electron chi connectivity index (χ3n) is 6.09. The maximum Gasteiger partial charge on any atom is 0.0459 e. The molecule has 0 bridgehead atoms. The zero-order valence-corrected chi connectivity index (χ0v) is 16.4. The van der Waals surface area contributed by atoms with Gasteiger partial charge in [-0.05, 0) is 79.9 Å². The minimum atomic E-state index is 0.342. The maximum absolute atomic E-state index is 9.56. The molecule has 0 aromatic carbocycles. The molecule has 0 aliphatic heterocycles. The van der Waals surface area contributed by atoms with Crippen molar-refractivity contribution >= 4 is 11.8 Å². The fourth-order valence-corrected chi connectivity index (χ4v) is 4.32. The largest absolute Gasteiger partial charge is 0.396 e. The first kappa shape index (κ1) is 21.0. The number of halogens is 1. The van der Waals surface area contributed by atoms with E-state index in [0.29, 0.717) is 36.3 Å². The van der Waals surface area contributed by atoms with Crippen molar-refractivity contribution < 1.29 is 5.11 Å². The number of rotatable bonds is 11. The SMILES string of the molecule is CCC(CCC1CC(CO)CC1/C=C\C(CC)C(C)CC)NCl. The topological polar surface area (TPSA) is 32.3 Å². The van der Waals surface area contributed by atoms with Gasteiger partial charge in [0.05, 0.1) is 0 Å². The van der Waals surface area contributed by atoms with E-state index in [-0.39, 0.29) is 0 Å². The molecule has 0 aromatic rings. The Morgan fingerprint density at radius 1 is 1.17 bits per heavy atom. The molecule has 1 rings (SSSR count). The van der Waals surface area contributed by atoms with Gasteiger partial charge in [0.15, 0.2) is 0 Å². The molecule has 1 saturated carbocycles. The third kappa shape index (κ3) is 6.76. The molecule has 0 saturated heterocycles. The Morgan fingerprint density at radius 2 is 1.91 bits per heavy atom. The van der Waals surface area contributed by atoms with Crippen LogP contribution in [0.1, 0.15) is 72.6 Å².